The quantitative estimate of drug-likeness (QED) is 0.168. The molecule has 3 nitrogen and oxygen atoms in total. The highest BCUT2D eigenvalue weighted by Crippen LogP contribution is 2.42. The van der Waals surface area contributed by atoms with Crippen molar-refractivity contribution in [2.75, 3.05) is 0 Å². The van der Waals surface area contributed by atoms with Crippen LogP contribution in [0.2, 0.25) is 0 Å². The minimum atomic E-state index is 1.14. The Morgan fingerprint density at radius 3 is 1.33 bits per heavy atom. The molecule has 0 aliphatic carbocycles. The van der Waals surface area contributed by atoms with Crippen LogP contribution in [0.3, 0.4) is 0 Å². The van der Waals surface area contributed by atoms with Gasteiger partial charge in [-0.2, -0.15) is 0 Å². The Bertz CT molecular complexity index is 3510. The van der Waals surface area contributed by atoms with E-state index in [0.717, 1.165) is 17.1 Å². The van der Waals surface area contributed by atoms with Gasteiger partial charge in [0, 0.05) is 49.4 Å². The Balaban J connectivity index is 1.09. The summed E-state index contributed by atoms with van der Waals surface area (Å²) in [5, 5.41) is 7.52. The minimum absolute atomic E-state index is 1.14. The smallest absolute Gasteiger partial charge is 0.0562 e. The largest absolute Gasteiger partial charge is 0.309 e. The lowest BCUT2D eigenvalue weighted by atomic mass is 9.99. The van der Waals surface area contributed by atoms with Crippen molar-refractivity contribution in [1.82, 2.24) is 13.7 Å². The van der Waals surface area contributed by atoms with E-state index in [1.54, 1.807) is 0 Å². The lowest BCUT2D eigenvalue weighted by Crippen LogP contribution is -1.96. The van der Waals surface area contributed by atoms with Crippen molar-refractivity contribution < 1.29 is 0 Å². The van der Waals surface area contributed by atoms with Gasteiger partial charge in [0.15, 0.2) is 0 Å². The van der Waals surface area contributed by atoms with Crippen LogP contribution in [0.25, 0.3) is 105 Å². The van der Waals surface area contributed by atoms with Gasteiger partial charge in [-0.15, -0.1) is 0 Å². The summed E-state index contributed by atoms with van der Waals surface area (Å²) in [5.41, 5.74) is 15.4. The molecule has 0 saturated carbocycles. The van der Waals surface area contributed by atoms with E-state index in [-0.39, 0.29) is 0 Å². The number of aromatic nitrogens is 3. The van der Waals surface area contributed by atoms with E-state index in [1.807, 2.05) is 0 Å². The highest BCUT2D eigenvalue weighted by molar-refractivity contribution is 6.20. The summed E-state index contributed by atoms with van der Waals surface area (Å²) in [6.45, 7) is 0. The van der Waals surface area contributed by atoms with Gasteiger partial charge in [-0.05, 0) is 95.1 Å². The van der Waals surface area contributed by atoms with Crippen LogP contribution in [0.5, 0.6) is 0 Å². The molecule has 12 aromatic rings. The summed E-state index contributed by atoms with van der Waals surface area (Å²) in [6, 6.07) is 77.4. The average Bonchev–Trinajstić information content (AvgIpc) is 3.91. The Kier molecular flexibility index (Phi) is 6.93. The molecule has 3 aromatic heterocycles. The van der Waals surface area contributed by atoms with Crippen molar-refractivity contribution >= 4 is 65.4 Å². The second-order valence-corrected chi connectivity index (χ2v) is 14.9. The Labute approximate surface area is 329 Å². The van der Waals surface area contributed by atoms with Crippen molar-refractivity contribution in [3.8, 4) is 39.3 Å². The summed E-state index contributed by atoms with van der Waals surface area (Å²) < 4.78 is 7.29. The highest BCUT2D eigenvalue weighted by Gasteiger charge is 2.20. The summed E-state index contributed by atoms with van der Waals surface area (Å²) in [4.78, 5) is 0. The van der Waals surface area contributed by atoms with Crippen LogP contribution < -0.4 is 0 Å². The van der Waals surface area contributed by atoms with E-state index in [0.29, 0.717) is 0 Å². The first-order chi connectivity index (χ1) is 28.3. The van der Waals surface area contributed by atoms with Crippen molar-refractivity contribution in [1.29, 1.82) is 0 Å². The standard InChI is InChI=1S/C54H35N3/c1-3-16-36(17-4-1)37-18-13-22-40(32-37)56-50-30-12-9-26-45(50)54-42(27-15-31-51(54)56)38-19-14-23-41(33-38)57-49-29-11-8-25-44(49)47-34-46-43-24-7-10-28-48(43)55(52(46)35-53(47)57)39-20-5-2-6-21-39/h1-35H. The maximum absolute atomic E-state index is 2.46. The van der Waals surface area contributed by atoms with Gasteiger partial charge in [0.25, 0.3) is 0 Å². The normalized spacial score (nSPS) is 11.9. The van der Waals surface area contributed by atoms with Gasteiger partial charge >= 0.3 is 0 Å². The summed E-state index contributed by atoms with van der Waals surface area (Å²) in [7, 11) is 0. The van der Waals surface area contributed by atoms with Gasteiger partial charge in [-0.25, -0.2) is 0 Å². The molecule has 0 aliphatic rings. The molecule has 9 aromatic carbocycles. The molecule has 0 bridgehead atoms. The molecule has 0 radical (unpaired) electrons. The molecule has 0 unspecified atom stereocenters. The Morgan fingerprint density at radius 2 is 0.667 bits per heavy atom. The Morgan fingerprint density at radius 1 is 0.228 bits per heavy atom. The molecule has 0 fully saturated rings. The number of para-hydroxylation sites is 4. The zero-order valence-corrected chi connectivity index (χ0v) is 31.0. The molecule has 3 heterocycles. The zero-order valence-electron chi connectivity index (χ0n) is 31.0. The number of hydrogen-bond acceptors (Lipinski definition) is 0. The fraction of sp³-hybridized carbons (Fsp3) is 0. The lowest BCUT2D eigenvalue weighted by molar-refractivity contribution is 1.16. The third-order valence-corrected chi connectivity index (χ3v) is 11.8. The van der Waals surface area contributed by atoms with Crippen molar-refractivity contribution in [3.63, 3.8) is 0 Å². The molecule has 0 atom stereocenters. The first kappa shape index (κ1) is 31.7. The van der Waals surface area contributed by atoms with Crippen LogP contribution in [-0.4, -0.2) is 13.7 Å². The number of fused-ring (bicyclic) bond motifs is 9. The highest BCUT2D eigenvalue weighted by atomic mass is 15.0. The van der Waals surface area contributed by atoms with Gasteiger partial charge in [-0.1, -0.05) is 140 Å². The summed E-state index contributed by atoms with van der Waals surface area (Å²) >= 11 is 0. The fourth-order valence-corrected chi connectivity index (χ4v) is 9.37. The maximum atomic E-state index is 2.46. The van der Waals surface area contributed by atoms with Gasteiger partial charge in [0.05, 0.1) is 33.1 Å². The molecular weight excluding hydrogens is 691 g/mol. The van der Waals surface area contributed by atoms with Gasteiger partial charge in [0.2, 0.25) is 0 Å². The first-order valence-corrected chi connectivity index (χ1v) is 19.6. The number of rotatable bonds is 5. The molecular formula is C54H35N3. The van der Waals surface area contributed by atoms with Crippen LogP contribution in [0.1, 0.15) is 0 Å². The van der Waals surface area contributed by atoms with Crippen LogP contribution in [-0.2, 0) is 0 Å². The molecule has 0 N–H and O–H groups in total. The van der Waals surface area contributed by atoms with Crippen molar-refractivity contribution in [2.45, 2.75) is 0 Å². The zero-order chi connectivity index (χ0) is 37.5. The monoisotopic (exact) mass is 725 g/mol. The van der Waals surface area contributed by atoms with E-state index >= 15 is 0 Å². The van der Waals surface area contributed by atoms with E-state index in [1.165, 1.54) is 87.7 Å². The van der Waals surface area contributed by atoms with Crippen LogP contribution >= 0.6 is 0 Å². The minimum Gasteiger partial charge on any atom is -0.309 e. The molecule has 0 saturated heterocycles. The Hall–Kier alpha value is -7.62. The topological polar surface area (TPSA) is 14.8 Å². The number of nitrogens with zero attached hydrogens (tertiary/aromatic N) is 3. The number of hydrogen-bond donors (Lipinski definition) is 0. The summed E-state index contributed by atoms with van der Waals surface area (Å²) in [6.07, 6.45) is 0. The third-order valence-electron chi connectivity index (χ3n) is 11.8. The van der Waals surface area contributed by atoms with Gasteiger partial charge in [-0.3, -0.25) is 0 Å². The predicted octanol–water partition coefficient (Wildman–Crippen LogP) is 14.3. The molecule has 57 heavy (non-hydrogen) atoms. The number of benzene rings is 9. The average molecular weight is 726 g/mol. The van der Waals surface area contributed by atoms with E-state index in [4.69, 9.17) is 0 Å². The maximum Gasteiger partial charge on any atom is 0.0562 e. The van der Waals surface area contributed by atoms with Crippen LogP contribution in [0.15, 0.2) is 212 Å². The van der Waals surface area contributed by atoms with Gasteiger partial charge in [0.1, 0.15) is 0 Å². The van der Waals surface area contributed by atoms with E-state index in [9.17, 15) is 0 Å². The molecule has 12 rings (SSSR count). The molecule has 0 spiro atoms. The van der Waals surface area contributed by atoms with Crippen LogP contribution in [0, 0.1) is 0 Å². The van der Waals surface area contributed by atoms with Crippen molar-refractivity contribution in [2.24, 2.45) is 0 Å². The first-order valence-electron chi connectivity index (χ1n) is 19.6. The van der Waals surface area contributed by atoms with Crippen molar-refractivity contribution in [3.05, 3.63) is 212 Å². The third kappa shape index (κ3) is 4.79. The fourth-order valence-electron chi connectivity index (χ4n) is 9.37. The second-order valence-electron chi connectivity index (χ2n) is 14.9. The van der Waals surface area contributed by atoms with E-state index in [2.05, 4.69) is 226 Å². The molecule has 0 aliphatic heterocycles. The van der Waals surface area contributed by atoms with Crippen LogP contribution in [0.4, 0.5) is 0 Å². The predicted molar refractivity (Wildman–Crippen MR) is 240 cm³/mol. The van der Waals surface area contributed by atoms with Gasteiger partial charge < -0.3 is 13.7 Å². The van der Waals surface area contributed by atoms with E-state index < -0.39 is 0 Å². The second kappa shape index (κ2) is 12.5. The molecule has 3 heteroatoms. The lowest BCUT2D eigenvalue weighted by Gasteiger charge is -2.13. The molecule has 266 valence electrons. The summed E-state index contributed by atoms with van der Waals surface area (Å²) in [5.74, 6) is 0. The SMILES string of the molecule is c1ccc(-c2cccc(-n3c4ccccc4c4c(-c5cccc(-n6c7ccccc7c7cc8c9ccccc9n(-c9ccccc9)c8cc76)c5)cccc43)c2)cc1. The molecule has 0 amide bonds.